The van der Waals surface area contributed by atoms with E-state index in [1.54, 1.807) is 0 Å². The minimum atomic E-state index is 0.168. The SMILES string of the molecule is O=C1Nc2ccccc2C2CNCCC12. The van der Waals surface area contributed by atoms with Crippen LogP contribution in [0.3, 0.4) is 0 Å². The van der Waals surface area contributed by atoms with Crippen LogP contribution >= 0.6 is 0 Å². The molecule has 1 fully saturated rings. The Hall–Kier alpha value is -1.35. The first-order valence-electron chi connectivity index (χ1n) is 5.47. The molecule has 2 heterocycles. The van der Waals surface area contributed by atoms with Crippen LogP contribution in [-0.2, 0) is 4.79 Å². The first kappa shape index (κ1) is 8.92. The summed E-state index contributed by atoms with van der Waals surface area (Å²) in [6, 6.07) is 8.12. The monoisotopic (exact) mass is 202 g/mol. The lowest BCUT2D eigenvalue weighted by atomic mass is 9.78. The number of carbonyl (C=O) groups is 1. The van der Waals surface area contributed by atoms with Crippen molar-refractivity contribution in [2.75, 3.05) is 18.4 Å². The number of hydrogen-bond acceptors (Lipinski definition) is 2. The van der Waals surface area contributed by atoms with Gasteiger partial charge in [0.15, 0.2) is 0 Å². The molecule has 3 heteroatoms. The van der Waals surface area contributed by atoms with Crippen LogP contribution in [0.2, 0.25) is 0 Å². The van der Waals surface area contributed by atoms with E-state index in [0.717, 1.165) is 25.2 Å². The number of benzene rings is 1. The largest absolute Gasteiger partial charge is 0.326 e. The summed E-state index contributed by atoms with van der Waals surface area (Å²) in [5.74, 6) is 0.727. The van der Waals surface area contributed by atoms with Gasteiger partial charge in [0.25, 0.3) is 0 Å². The van der Waals surface area contributed by atoms with Crippen LogP contribution in [0.5, 0.6) is 0 Å². The zero-order chi connectivity index (χ0) is 10.3. The fourth-order valence-electron chi connectivity index (χ4n) is 2.66. The van der Waals surface area contributed by atoms with Crippen molar-refractivity contribution in [2.45, 2.75) is 12.3 Å². The van der Waals surface area contributed by atoms with E-state index in [4.69, 9.17) is 0 Å². The van der Waals surface area contributed by atoms with Crippen molar-refractivity contribution in [2.24, 2.45) is 5.92 Å². The molecule has 15 heavy (non-hydrogen) atoms. The zero-order valence-corrected chi connectivity index (χ0v) is 8.49. The lowest BCUT2D eigenvalue weighted by Crippen LogP contribution is -2.43. The Morgan fingerprint density at radius 1 is 1.20 bits per heavy atom. The van der Waals surface area contributed by atoms with Crippen LogP contribution in [0.1, 0.15) is 17.9 Å². The Morgan fingerprint density at radius 3 is 3.00 bits per heavy atom. The van der Waals surface area contributed by atoms with Crippen LogP contribution in [0.15, 0.2) is 24.3 Å². The third-order valence-electron chi connectivity index (χ3n) is 3.44. The van der Waals surface area contributed by atoms with E-state index in [1.807, 2.05) is 18.2 Å². The number of nitrogens with one attached hydrogen (secondary N) is 2. The van der Waals surface area contributed by atoms with Crippen molar-refractivity contribution < 1.29 is 4.79 Å². The Morgan fingerprint density at radius 2 is 2.07 bits per heavy atom. The quantitative estimate of drug-likeness (QED) is 0.666. The number of piperidine rings is 1. The molecule has 2 aliphatic heterocycles. The summed E-state index contributed by atoms with van der Waals surface area (Å²) in [4.78, 5) is 11.9. The highest BCUT2D eigenvalue weighted by molar-refractivity contribution is 5.96. The van der Waals surface area contributed by atoms with Gasteiger partial charge in [-0.25, -0.2) is 0 Å². The molecular formula is C12H14N2O. The van der Waals surface area contributed by atoms with Gasteiger partial charge in [-0.05, 0) is 24.6 Å². The molecule has 0 aliphatic carbocycles. The molecule has 0 bridgehead atoms. The Bertz CT molecular complexity index is 402. The predicted octanol–water partition coefficient (Wildman–Crippen LogP) is 1.33. The highest BCUT2D eigenvalue weighted by atomic mass is 16.2. The Kier molecular flexibility index (Phi) is 1.99. The second kappa shape index (κ2) is 3.35. The first-order valence-corrected chi connectivity index (χ1v) is 5.47. The van der Waals surface area contributed by atoms with Gasteiger partial charge in [-0.15, -0.1) is 0 Å². The summed E-state index contributed by atoms with van der Waals surface area (Å²) in [6.45, 7) is 1.88. The van der Waals surface area contributed by atoms with Crippen molar-refractivity contribution in [3.8, 4) is 0 Å². The van der Waals surface area contributed by atoms with Crippen molar-refractivity contribution in [3.63, 3.8) is 0 Å². The lowest BCUT2D eigenvalue weighted by Gasteiger charge is -2.36. The van der Waals surface area contributed by atoms with E-state index in [0.29, 0.717) is 5.92 Å². The molecule has 0 saturated carbocycles. The first-order chi connectivity index (χ1) is 7.36. The van der Waals surface area contributed by atoms with Crippen molar-refractivity contribution in [1.29, 1.82) is 0 Å². The minimum Gasteiger partial charge on any atom is -0.326 e. The average Bonchev–Trinajstić information content (AvgIpc) is 2.30. The molecule has 3 nitrogen and oxygen atoms in total. The minimum absolute atomic E-state index is 0.168. The summed E-state index contributed by atoms with van der Waals surface area (Å²) in [5.41, 5.74) is 2.28. The van der Waals surface area contributed by atoms with Crippen LogP contribution in [0.4, 0.5) is 5.69 Å². The molecule has 3 rings (SSSR count). The van der Waals surface area contributed by atoms with Gasteiger partial charge in [0.1, 0.15) is 0 Å². The standard InChI is InChI=1S/C12H14N2O/c15-12-9-5-6-13-7-10(9)8-3-1-2-4-11(8)14-12/h1-4,9-10,13H,5-7H2,(H,14,15). The Balaban J connectivity index is 2.06. The average molecular weight is 202 g/mol. The van der Waals surface area contributed by atoms with Crippen LogP contribution < -0.4 is 10.6 Å². The molecule has 1 saturated heterocycles. The summed E-state index contributed by atoms with van der Waals surface area (Å²) in [7, 11) is 0. The topological polar surface area (TPSA) is 41.1 Å². The molecule has 1 aromatic rings. The van der Waals surface area contributed by atoms with Gasteiger partial charge in [0.2, 0.25) is 5.91 Å². The third kappa shape index (κ3) is 1.35. The van der Waals surface area contributed by atoms with Crippen molar-refractivity contribution in [1.82, 2.24) is 5.32 Å². The fraction of sp³-hybridized carbons (Fsp3) is 0.417. The molecule has 0 spiro atoms. The number of amides is 1. The number of hydrogen-bond donors (Lipinski definition) is 2. The summed E-state index contributed by atoms with van der Waals surface area (Å²) in [5, 5.41) is 6.36. The number of rotatable bonds is 0. The fourth-order valence-corrected chi connectivity index (χ4v) is 2.66. The van der Waals surface area contributed by atoms with Crippen LogP contribution in [0.25, 0.3) is 0 Å². The second-order valence-electron chi connectivity index (χ2n) is 4.28. The van der Waals surface area contributed by atoms with Gasteiger partial charge in [0.05, 0.1) is 0 Å². The van der Waals surface area contributed by atoms with E-state index in [-0.39, 0.29) is 11.8 Å². The molecule has 2 unspecified atom stereocenters. The van der Waals surface area contributed by atoms with Gasteiger partial charge < -0.3 is 10.6 Å². The number of carbonyl (C=O) groups excluding carboxylic acids is 1. The molecule has 1 aromatic carbocycles. The maximum atomic E-state index is 11.9. The highest BCUT2D eigenvalue weighted by Crippen LogP contribution is 2.38. The predicted molar refractivity (Wildman–Crippen MR) is 58.8 cm³/mol. The third-order valence-corrected chi connectivity index (χ3v) is 3.44. The van der Waals surface area contributed by atoms with Gasteiger partial charge >= 0.3 is 0 Å². The van der Waals surface area contributed by atoms with Gasteiger partial charge in [-0.1, -0.05) is 18.2 Å². The summed E-state index contributed by atoms with van der Waals surface area (Å²) >= 11 is 0. The molecule has 78 valence electrons. The zero-order valence-electron chi connectivity index (χ0n) is 8.49. The van der Waals surface area contributed by atoms with Gasteiger partial charge in [-0.3, -0.25) is 4.79 Å². The number of fused-ring (bicyclic) bond motifs is 3. The molecular weight excluding hydrogens is 188 g/mol. The number of anilines is 1. The van der Waals surface area contributed by atoms with E-state index in [1.165, 1.54) is 5.56 Å². The maximum absolute atomic E-state index is 11.9. The second-order valence-corrected chi connectivity index (χ2v) is 4.28. The molecule has 1 amide bonds. The van der Waals surface area contributed by atoms with E-state index in [9.17, 15) is 4.79 Å². The van der Waals surface area contributed by atoms with Crippen LogP contribution in [0, 0.1) is 5.92 Å². The van der Waals surface area contributed by atoms with E-state index < -0.39 is 0 Å². The maximum Gasteiger partial charge on any atom is 0.228 e. The highest BCUT2D eigenvalue weighted by Gasteiger charge is 2.36. The molecule has 2 atom stereocenters. The molecule has 0 aromatic heterocycles. The van der Waals surface area contributed by atoms with Crippen molar-refractivity contribution in [3.05, 3.63) is 29.8 Å². The Labute approximate surface area is 88.9 Å². The lowest BCUT2D eigenvalue weighted by molar-refractivity contribution is -0.121. The normalized spacial score (nSPS) is 28.9. The molecule has 2 N–H and O–H groups in total. The van der Waals surface area contributed by atoms with E-state index in [2.05, 4.69) is 16.7 Å². The number of para-hydroxylation sites is 1. The van der Waals surface area contributed by atoms with E-state index >= 15 is 0 Å². The molecule has 2 aliphatic rings. The van der Waals surface area contributed by atoms with Gasteiger partial charge in [-0.2, -0.15) is 0 Å². The molecule has 0 radical (unpaired) electrons. The smallest absolute Gasteiger partial charge is 0.228 e. The van der Waals surface area contributed by atoms with Crippen molar-refractivity contribution >= 4 is 11.6 Å². The van der Waals surface area contributed by atoms with Gasteiger partial charge in [0, 0.05) is 24.1 Å². The van der Waals surface area contributed by atoms with Crippen LogP contribution in [-0.4, -0.2) is 19.0 Å². The summed E-state index contributed by atoms with van der Waals surface area (Å²) in [6.07, 6.45) is 0.949. The summed E-state index contributed by atoms with van der Waals surface area (Å²) < 4.78 is 0.